The summed E-state index contributed by atoms with van der Waals surface area (Å²) in [6.07, 6.45) is 0.683. The summed E-state index contributed by atoms with van der Waals surface area (Å²) in [6, 6.07) is 7.68. The van der Waals surface area contributed by atoms with Gasteiger partial charge in [-0.3, -0.25) is 14.4 Å². The molecule has 0 aromatic heterocycles. The Bertz CT molecular complexity index is 922. The van der Waals surface area contributed by atoms with Crippen LogP contribution in [0.2, 0.25) is 0 Å². The lowest BCUT2D eigenvalue weighted by Gasteiger charge is -2.31. The summed E-state index contributed by atoms with van der Waals surface area (Å²) >= 11 is 0. The van der Waals surface area contributed by atoms with Gasteiger partial charge in [-0.2, -0.15) is 0 Å². The van der Waals surface area contributed by atoms with Crippen LogP contribution >= 0.6 is 0 Å². The number of carbonyl (C=O) groups is 3. The molecule has 3 rings (SSSR count). The lowest BCUT2D eigenvalue weighted by Crippen LogP contribution is -2.40. The van der Waals surface area contributed by atoms with Gasteiger partial charge in [0.2, 0.25) is 5.78 Å². The van der Waals surface area contributed by atoms with Gasteiger partial charge in [-0.05, 0) is 55.3 Å². The van der Waals surface area contributed by atoms with E-state index in [9.17, 15) is 27.6 Å². The smallest absolute Gasteiger partial charge is 0.309 e. The Morgan fingerprint density at radius 2 is 1.55 bits per heavy atom. The number of ketones is 1. The van der Waals surface area contributed by atoms with E-state index in [-0.39, 0.29) is 5.91 Å². The van der Waals surface area contributed by atoms with E-state index < -0.39 is 47.3 Å². The maximum atomic E-state index is 13.6. The highest BCUT2D eigenvalue weighted by atomic mass is 19.1. The summed E-state index contributed by atoms with van der Waals surface area (Å²) < 4.78 is 44.7. The lowest BCUT2D eigenvalue weighted by atomic mass is 9.96. The molecular weight excluding hydrogens is 387 g/mol. The highest BCUT2D eigenvalue weighted by Crippen LogP contribution is 2.21. The second-order valence-corrected chi connectivity index (χ2v) is 6.73. The van der Waals surface area contributed by atoms with Gasteiger partial charge in [0, 0.05) is 18.7 Å². The summed E-state index contributed by atoms with van der Waals surface area (Å²) in [5.41, 5.74) is -0.118. The number of piperidine rings is 1. The fourth-order valence-corrected chi connectivity index (χ4v) is 3.14. The van der Waals surface area contributed by atoms with Gasteiger partial charge in [0.1, 0.15) is 17.5 Å². The number of rotatable bonds is 5. The zero-order valence-corrected chi connectivity index (χ0v) is 15.4. The summed E-state index contributed by atoms with van der Waals surface area (Å²) in [7, 11) is 0. The highest BCUT2D eigenvalue weighted by molar-refractivity contribution is 5.98. The van der Waals surface area contributed by atoms with Crippen molar-refractivity contribution in [3.8, 4) is 0 Å². The number of Topliss-reactive ketones (excluding diaryl/α,β-unsaturated/α-hetero) is 1. The fourth-order valence-electron chi connectivity index (χ4n) is 3.14. The molecule has 1 saturated heterocycles. The first-order chi connectivity index (χ1) is 13.8. The van der Waals surface area contributed by atoms with Crippen LogP contribution in [0.4, 0.5) is 13.2 Å². The van der Waals surface area contributed by atoms with Crippen molar-refractivity contribution in [2.45, 2.75) is 12.8 Å². The molecule has 0 spiro atoms. The van der Waals surface area contributed by atoms with E-state index in [1.54, 1.807) is 4.90 Å². The number of amides is 1. The van der Waals surface area contributed by atoms with Crippen molar-refractivity contribution < 1.29 is 32.3 Å². The Morgan fingerprint density at radius 3 is 2.21 bits per heavy atom. The normalized spacial score (nSPS) is 14.5. The Kier molecular flexibility index (Phi) is 6.31. The third-order valence-electron chi connectivity index (χ3n) is 4.78. The molecule has 152 valence electrons. The molecule has 0 bridgehead atoms. The van der Waals surface area contributed by atoms with Gasteiger partial charge in [-0.15, -0.1) is 0 Å². The molecule has 0 radical (unpaired) electrons. The van der Waals surface area contributed by atoms with Gasteiger partial charge in [0.05, 0.1) is 11.5 Å². The maximum absolute atomic E-state index is 13.6. The van der Waals surface area contributed by atoms with Crippen LogP contribution in [0.3, 0.4) is 0 Å². The lowest BCUT2D eigenvalue weighted by molar-refractivity contribution is -0.148. The molecule has 1 aliphatic heterocycles. The Balaban J connectivity index is 1.49. The van der Waals surface area contributed by atoms with Crippen LogP contribution in [0.15, 0.2) is 42.5 Å². The van der Waals surface area contributed by atoms with E-state index in [1.165, 1.54) is 24.3 Å². The Hall–Kier alpha value is -3.16. The van der Waals surface area contributed by atoms with Crippen molar-refractivity contribution in [3.05, 3.63) is 71.0 Å². The number of likely N-dealkylation sites (tertiary alicyclic amines) is 1. The zero-order valence-electron chi connectivity index (χ0n) is 15.4. The molecule has 0 atom stereocenters. The monoisotopic (exact) mass is 405 g/mol. The third kappa shape index (κ3) is 5.01. The standard InChI is InChI=1S/C21H18F3NO4/c22-15-3-1-13(2-4-15)20(27)25-9-7-14(8-10-25)21(28)29-12-19(26)17-11-16(23)5-6-18(17)24/h1-6,11,14H,7-10,12H2. The van der Waals surface area contributed by atoms with E-state index in [0.717, 1.165) is 18.2 Å². The predicted molar refractivity (Wildman–Crippen MR) is 96.7 cm³/mol. The molecule has 8 heteroatoms. The molecule has 1 amide bonds. The van der Waals surface area contributed by atoms with Crippen LogP contribution in [0.25, 0.3) is 0 Å². The quantitative estimate of drug-likeness (QED) is 0.565. The van der Waals surface area contributed by atoms with E-state index in [2.05, 4.69) is 0 Å². The van der Waals surface area contributed by atoms with Crippen LogP contribution in [0, 0.1) is 23.4 Å². The van der Waals surface area contributed by atoms with Crippen molar-refractivity contribution >= 4 is 17.7 Å². The largest absolute Gasteiger partial charge is 0.457 e. The first-order valence-corrected chi connectivity index (χ1v) is 9.05. The van der Waals surface area contributed by atoms with Crippen LogP contribution in [0.5, 0.6) is 0 Å². The highest BCUT2D eigenvalue weighted by Gasteiger charge is 2.29. The molecular formula is C21H18F3NO4. The van der Waals surface area contributed by atoms with Gasteiger partial charge in [-0.1, -0.05) is 0 Å². The molecule has 1 fully saturated rings. The molecule has 5 nitrogen and oxygen atoms in total. The van der Waals surface area contributed by atoms with Gasteiger partial charge >= 0.3 is 5.97 Å². The molecule has 0 unspecified atom stereocenters. The second-order valence-electron chi connectivity index (χ2n) is 6.73. The van der Waals surface area contributed by atoms with Gasteiger partial charge in [-0.25, -0.2) is 13.2 Å². The molecule has 1 heterocycles. The van der Waals surface area contributed by atoms with Crippen LogP contribution in [-0.4, -0.2) is 42.3 Å². The summed E-state index contributed by atoms with van der Waals surface area (Å²) in [5.74, 6) is -4.30. The molecule has 0 saturated carbocycles. The van der Waals surface area contributed by atoms with Crippen molar-refractivity contribution in [1.29, 1.82) is 0 Å². The van der Waals surface area contributed by atoms with E-state index >= 15 is 0 Å². The minimum absolute atomic E-state index is 0.256. The summed E-state index contributed by atoms with van der Waals surface area (Å²) in [6.45, 7) is -0.0706. The van der Waals surface area contributed by atoms with Crippen molar-refractivity contribution in [2.24, 2.45) is 5.92 Å². The fraction of sp³-hybridized carbons (Fsp3) is 0.286. The SMILES string of the molecule is O=C(COC(=O)C1CCN(C(=O)c2ccc(F)cc2)CC1)c1cc(F)ccc1F. The minimum atomic E-state index is -0.889. The number of ether oxygens (including phenoxy) is 1. The summed E-state index contributed by atoms with van der Waals surface area (Å²) in [5, 5.41) is 0. The zero-order chi connectivity index (χ0) is 21.0. The van der Waals surface area contributed by atoms with Crippen LogP contribution < -0.4 is 0 Å². The number of hydrogen-bond donors (Lipinski definition) is 0. The van der Waals surface area contributed by atoms with Crippen molar-refractivity contribution in [1.82, 2.24) is 4.90 Å². The predicted octanol–water partition coefficient (Wildman–Crippen LogP) is 3.38. The second kappa shape index (κ2) is 8.89. The molecule has 29 heavy (non-hydrogen) atoms. The molecule has 0 N–H and O–H groups in total. The number of halogens is 3. The minimum Gasteiger partial charge on any atom is -0.457 e. The number of esters is 1. The van der Waals surface area contributed by atoms with E-state index in [1.807, 2.05) is 0 Å². The number of nitrogens with zero attached hydrogens (tertiary/aromatic N) is 1. The van der Waals surface area contributed by atoms with E-state index in [4.69, 9.17) is 4.74 Å². The van der Waals surface area contributed by atoms with E-state index in [0.29, 0.717) is 31.5 Å². The topological polar surface area (TPSA) is 63.7 Å². The molecule has 0 aliphatic carbocycles. The van der Waals surface area contributed by atoms with Gasteiger partial charge in [0.15, 0.2) is 6.61 Å². The molecule has 2 aromatic rings. The van der Waals surface area contributed by atoms with Crippen molar-refractivity contribution in [2.75, 3.05) is 19.7 Å². The Morgan fingerprint density at radius 1 is 0.931 bits per heavy atom. The van der Waals surface area contributed by atoms with Crippen LogP contribution in [-0.2, 0) is 9.53 Å². The average Bonchev–Trinajstić information content (AvgIpc) is 2.73. The molecule has 1 aliphatic rings. The van der Waals surface area contributed by atoms with Gasteiger partial charge < -0.3 is 9.64 Å². The summed E-state index contributed by atoms with van der Waals surface area (Å²) in [4.78, 5) is 38.1. The molecule has 2 aromatic carbocycles. The first-order valence-electron chi connectivity index (χ1n) is 9.05. The van der Waals surface area contributed by atoms with Crippen LogP contribution in [0.1, 0.15) is 33.6 Å². The van der Waals surface area contributed by atoms with Gasteiger partial charge in [0.25, 0.3) is 5.91 Å². The van der Waals surface area contributed by atoms with Crippen molar-refractivity contribution in [3.63, 3.8) is 0 Å². The number of hydrogen-bond acceptors (Lipinski definition) is 4. The Labute approximate surface area is 165 Å². The average molecular weight is 405 g/mol. The number of carbonyl (C=O) groups excluding carboxylic acids is 3. The maximum Gasteiger partial charge on any atom is 0.309 e. The third-order valence-corrected chi connectivity index (χ3v) is 4.78. The number of benzene rings is 2. The first kappa shape index (κ1) is 20.6.